The molecule has 5 nitrogen and oxygen atoms in total. The van der Waals surface area contributed by atoms with Crippen molar-refractivity contribution < 1.29 is 14.3 Å². The van der Waals surface area contributed by atoms with E-state index in [1.54, 1.807) is 18.3 Å². The Balaban J connectivity index is 2.12. The fraction of sp³-hybridized carbons (Fsp3) is 0.125. The summed E-state index contributed by atoms with van der Waals surface area (Å²) in [6.07, 6.45) is 4.29. The molecule has 1 aromatic heterocycles. The number of hydrogen-bond donors (Lipinski definition) is 1. The molecule has 21 heavy (non-hydrogen) atoms. The molecule has 2 rings (SSSR count). The number of carbonyl (C=O) groups excluding carboxylic acids is 1. The van der Waals surface area contributed by atoms with E-state index in [0.717, 1.165) is 5.75 Å². The number of pyridine rings is 1. The number of carbonyl (C=O) groups is 1. The van der Waals surface area contributed by atoms with Crippen LogP contribution in [0.2, 0.25) is 0 Å². The Kier molecular flexibility index (Phi) is 4.93. The summed E-state index contributed by atoms with van der Waals surface area (Å²) in [6.45, 7) is 5.91. The van der Waals surface area contributed by atoms with Crippen molar-refractivity contribution in [2.75, 3.05) is 11.9 Å². The molecular formula is C16H16N2O3. The zero-order valence-electron chi connectivity index (χ0n) is 11.7. The molecule has 0 bridgehead atoms. The van der Waals surface area contributed by atoms with Gasteiger partial charge in [-0.05, 0) is 25.1 Å². The summed E-state index contributed by atoms with van der Waals surface area (Å²) in [5, 5.41) is 2.63. The first-order chi connectivity index (χ1) is 10.2. The Hall–Kier alpha value is -2.82. The number of benzene rings is 1. The van der Waals surface area contributed by atoms with E-state index in [2.05, 4.69) is 16.9 Å². The number of nitrogens with one attached hydrogen (secondary N) is 1. The smallest absolute Gasteiger partial charge is 0.247 e. The lowest BCUT2D eigenvalue weighted by molar-refractivity contribution is -0.111. The third-order valence-electron chi connectivity index (χ3n) is 2.52. The van der Waals surface area contributed by atoms with Gasteiger partial charge in [0, 0.05) is 12.1 Å². The molecule has 1 aromatic carbocycles. The topological polar surface area (TPSA) is 60.5 Å². The molecule has 0 unspecified atom stereocenters. The summed E-state index contributed by atoms with van der Waals surface area (Å²) in [5.74, 6) is 1.59. The standard InChI is InChI=1S/C16H16N2O3/c1-3-16(19)18-12-8-15(11-17-10-12)21-14-7-5-6-13(9-14)20-4-2/h3,5-11H,1,4H2,2H3,(H,18,19). The molecular weight excluding hydrogens is 268 g/mol. The Morgan fingerprint density at radius 1 is 1.29 bits per heavy atom. The van der Waals surface area contributed by atoms with Crippen molar-refractivity contribution in [2.24, 2.45) is 0 Å². The molecule has 0 saturated carbocycles. The molecule has 1 N–H and O–H groups in total. The third-order valence-corrected chi connectivity index (χ3v) is 2.52. The number of ether oxygens (including phenoxy) is 2. The minimum atomic E-state index is -0.299. The van der Waals surface area contributed by atoms with Crippen molar-refractivity contribution in [3.8, 4) is 17.2 Å². The van der Waals surface area contributed by atoms with Gasteiger partial charge < -0.3 is 14.8 Å². The van der Waals surface area contributed by atoms with Gasteiger partial charge in [0.2, 0.25) is 5.91 Å². The van der Waals surface area contributed by atoms with E-state index in [1.165, 1.54) is 12.3 Å². The van der Waals surface area contributed by atoms with Gasteiger partial charge in [0.25, 0.3) is 0 Å². The van der Waals surface area contributed by atoms with E-state index in [-0.39, 0.29) is 5.91 Å². The molecule has 1 amide bonds. The van der Waals surface area contributed by atoms with Crippen LogP contribution in [0.3, 0.4) is 0 Å². The van der Waals surface area contributed by atoms with E-state index in [9.17, 15) is 4.79 Å². The predicted molar refractivity (Wildman–Crippen MR) is 80.7 cm³/mol. The summed E-state index contributed by atoms with van der Waals surface area (Å²) in [6, 6.07) is 8.99. The van der Waals surface area contributed by atoms with Crippen LogP contribution in [0.15, 0.2) is 55.4 Å². The van der Waals surface area contributed by atoms with Gasteiger partial charge in [-0.3, -0.25) is 9.78 Å². The van der Waals surface area contributed by atoms with Gasteiger partial charge in [0.05, 0.1) is 24.7 Å². The van der Waals surface area contributed by atoms with Gasteiger partial charge in [0.1, 0.15) is 17.2 Å². The van der Waals surface area contributed by atoms with Gasteiger partial charge >= 0.3 is 0 Å². The molecule has 0 aliphatic heterocycles. The maximum Gasteiger partial charge on any atom is 0.247 e. The molecule has 2 aromatic rings. The van der Waals surface area contributed by atoms with Crippen molar-refractivity contribution in [3.63, 3.8) is 0 Å². The molecule has 0 aliphatic rings. The van der Waals surface area contributed by atoms with Gasteiger partial charge in [-0.25, -0.2) is 0 Å². The zero-order chi connectivity index (χ0) is 15.1. The maximum atomic E-state index is 11.3. The average Bonchev–Trinajstić information content (AvgIpc) is 2.48. The Labute approximate surface area is 123 Å². The van der Waals surface area contributed by atoms with Crippen molar-refractivity contribution in [1.82, 2.24) is 4.98 Å². The molecule has 0 aliphatic carbocycles. The maximum absolute atomic E-state index is 11.3. The third kappa shape index (κ3) is 4.35. The summed E-state index contributed by atoms with van der Waals surface area (Å²) in [4.78, 5) is 15.3. The fourth-order valence-electron chi connectivity index (χ4n) is 1.67. The largest absolute Gasteiger partial charge is 0.494 e. The Morgan fingerprint density at radius 3 is 2.86 bits per heavy atom. The highest BCUT2D eigenvalue weighted by molar-refractivity contribution is 5.98. The van der Waals surface area contributed by atoms with Crippen LogP contribution in [-0.4, -0.2) is 17.5 Å². The molecule has 0 fully saturated rings. The zero-order valence-corrected chi connectivity index (χ0v) is 11.7. The van der Waals surface area contributed by atoms with Crippen LogP contribution in [0.1, 0.15) is 6.92 Å². The van der Waals surface area contributed by atoms with Gasteiger partial charge in [-0.2, -0.15) is 0 Å². The fourth-order valence-corrected chi connectivity index (χ4v) is 1.67. The first kappa shape index (κ1) is 14.6. The van der Waals surface area contributed by atoms with E-state index in [1.807, 2.05) is 25.1 Å². The van der Waals surface area contributed by atoms with Gasteiger partial charge in [-0.15, -0.1) is 0 Å². The van der Waals surface area contributed by atoms with Crippen molar-refractivity contribution >= 4 is 11.6 Å². The number of aromatic nitrogens is 1. The highest BCUT2D eigenvalue weighted by Crippen LogP contribution is 2.26. The molecule has 108 valence electrons. The lowest BCUT2D eigenvalue weighted by Crippen LogP contribution is -2.07. The molecule has 1 heterocycles. The van der Waals surface area contributed by atoms with Crippen LogP contribution in [-0.2, 0) is 4.79 Å². The number of amides is 1. The minimum absolute atomic E-state index is 0.299. The number of anilines is 1. The van der Waals surface area contributed by atoms with Crippen LogP contribution in [0, 0.1) is 0 Å². The van der Waals surface area contributed by atoms with Crippen molar-refractivity contribution in [3.05, 3.63) is 55.4 Å². The quantitative estimate of drug-likeness (QED) is 0.826. The second kappa shape index (κ2) is 7.09. The molecule has 0 spiro atoms. The first-order valence-corrected chi connectivity index (χ1v) is 6.50. The average molecular weight is 284 g/mol. The van der Waals surface area contributed by atoms with E-state index in [4.69, 9.17) is 9.47 Å². The van der Waals surface area contributed by atoms with E-state index < -0.39 is 0 Å². The highest BCUT2D eigenvalue weighted by atomic mass is 16.5. The molecule has 0 radical (unpaired) electrons. The molecule has 0 saturated heterocycles. The minimum Gasteiger partial charge on any atom is -0.494 e. The predicted octanol–water partition coefficient (Wildman–Crippen LogP) is 3.40. The van der Waals surface area contributed by atoms with Crippen LogP contribution in [0.5, 0.6) is 17.2 Å². The van der Waals surface area contributed by atoms with Crippen LogP contribution < -0.4 is 14.8 Å². The summed E-state index contributed by atoms with van der Waals surface area (Å²) < 4.78 is 11.1. The van der Waals surface area contributed by atoms with Crippen LogP contribution in [0.4, 0.5) is 5.69 Å². The lowest BCUT2D eigenvalue weighted by atomic mass is 10.3. The van der Waals surface area contributed by atoms with Crippen molar-refractivity contribution in [1.29, 1.82) is 0 Å². The van der Waals surface area contributed by atoms with Crippen LogP contribution in [0.25, 0.3) is 0 Å². The summed E-state index contributed by atoms with van der Waals surface area (Å²) >= 11 is 0. The molecule has 5 heteroatoms. The van der Waals surface area contributed by atoms with Crippen LogP contribution >= 0.6 is 0 Å². The summed E-state index contributed by atoms with van der Waals surface area (Å²) in [7, 11) is 0. The SMILES string of the molecule is C=CC(=O)Nc1cncc(Oc2cccc(OCC)c2)c1. The lowest BCUT2D eigenvalue weighted by Gasteiger charge is -2.09. The van der Waals surface area contributed by atoms with E-state index >= 15 is 0 Å². The second-order valence-electron chi connectivity index (χ2n) is 4.11. The summed E-state index contributed by atoms with van der Waals surface area (Å²) in [5.41, 5.74) is 0.540. The normalized spacial score (nSPS) is 9.76. The number of nitrogens with zero attached hydrogens (tertiary/aromatic N) is 1. The molecule has 0 atom stereocenters. The second-order valence-corrected chi connectivity index (χ2v) is 4.11. The Morgan fingerprint density at radius 2 is 2.10 bits per heavy atom. The van der Waals surface area contributed by atoms with Gasteiger partial charge in [-0.1, -0.05) is 12.6 Å². The Bertz CT molecular complexity index is 641. The number of hydrogen-bond acceptors (Lipinski definition) is 4. The highest BCUT2D eigenvalue weighted by Gasteiger charge is 2.03. The van der Waals surface area contributed by atoms with Crippen molar-refractivity contribution in [2.45, 2.75) is 6.92 Å². The number of rotatable bonds is 6. The first-order valence-electron chi connectivity index (χ1n) is 6.50. The van der Waals surface area contributed by atoms with Gasteiger partial charge in [0.15, 0.2) is 0 Å². The monoisotopic (exact) mass is 284 g/mol. The van der Waals surface area contributed by atoms with E-state index in [0.29, 0.717) is 23.8 Å².